The van der Waals surface area contributed by atoms with Crippen LogP contribution in [0.3, 0.4) is 0 Å². The fourth-order valence-corrected chi connectivity index (χ4v) is 1.77. The van der Waals surface area contributed by atoms with Crippen molar-refractivity contribution < 1.29 is 5.11 Å². The van der Waals surface area contributed by atoms with E-state index in [0.29, 0.717) is 11.1 Å². The largest absolute Gasteiger partial charge is 0.506 e. The van der Waals surface area contributed by atoms with Crippen LogP contribution in [0.1, 0.15) is 38.7 Å². The van der Waals surface area contributed by atoms with Crippen LogP contribution in [-0.4, -0.2) is 11.1 Å². The number of benzene rings is 1. The van der Waals surface area contributed by atoms with Gasteiger partial charge in [-0.2, -0.15) is 0 Å². The van der Waals surface area contributed by atoms with Gasteiger partial charge in [0.15, 0.2) is 0 Å². The fraction of sp³-hybridized carbons (Fsp3) is 0.538. The predicted octanol–water partition coefficient (Wildman–Crippen LogP) is 3.71. The second-order valence-electron chi connectivity index (χ2n) is 4.21. The lowest BCUT2D eigenvalue weighted by Crippen LogP contribution is -2.25. The van der Waals surface area contributed by atoms with Gasteiger partial charge in [0.1, 0.15) is 5.75 Å². The number of rotatable bonds is 6. The molecule has 1 atom stereocenters. The highest BCUT2D eigenvalue weighted by Gasteiger charge is 2.03. The summed E-state index contributed by atoms with van der Waals surface area (Å²) in [5.41, 5.74) is 1.10. The van der Waals surface area contributed by atoms with Crippen LogP contribution in [0.4, 0.5) is 0 Å². The van der Waals surface area contributed by atoms with Crippen molar-refractivity contribution >= 4 is 11.6 Å². The van der Waals surface area contributed by atoms with E-state index in [4.69, 9.17) is 11.6 Å². The molecular formula is C13H20ClNO. The van der Waals surface area contributed by atoms with Gasteiger partial charge in [-0.25, -0.2) is 0 Å². The van der Waals surface area contributed by atoms with Crippen LogP contribution >= 0.6 is 11.6 Å². The van der Waals surface area contributed by atoms with Crippen molar-refractivity contribution in [3.8, 4) is 5.75 Å². The third-order valence-electron chi connectivity index (χ3n) is 2.66. The molecule has 0 fully saturated rings. The van der Waals surface area contributed by atoms with E-state index in [1.54, 1.807) is 12.1 Å². The van der Waals surface area contributed by atoms with Gasteiger partial charge in [-0.3, -0.25) is 0 Å². The molecule has 0 radical (unpaired) electrons. The zero-order chi connectivity index (χ0) is 12.0. The molecule has 1 aromatic rings. The summed E-state index contributed by atoms with van der Waals surface area (Å²) < 4.78 is 0. The molecule has 90 valence electrons. The molecule has 0 saturated heterocycles. The van der Waals surface area contributed by atoms with Crippen LogP contribution in [0.2, 0.25) is 5.02 Å². The Bertz CT molecular complexity index is 328. The van der Waals surface area contributed by atoms with E-state index >= 15 is 0 Å². The summed E-state index contributed by atoms with van der Waals surface area (Å²) in [4.78, 5) is 0. The summed E-state index contributed by atoms with van der Waals surface area (Å²) in [5, 5.41) is 13.1. The molecule has 0 aliphatic heterocycles. The third kappa shape index (κ3) is 4.42. The number of aromatic hydroxyl groups is 1. The fourth-order valence-electron chi connectivity index (χ4n) is 1.56. The van der Waals surface area contributed by atoms with Crippen molar-refractivity contribution in [1.29, 1.82) is 0 Å². The smallest absolute Gasteiger partial charge is 0.134 e. The minimum atomic E-state index is 0.143. The molecule has 2 N–H and O–H groups in total. The van der Waals surface area contributed by atoms with Crippen molar-refractivity contribution in [2.75, 3.05) is 0 Å². The van der Waals surface area contributed by atoms with Crippen molar-refractivity contribution in [3.63, 3.8) is 0 Å². The molecule has 0 aliphatic carbocycles. The summed E-state index contributed by atoms with van der Waals surface area (Å²) in [6.45, 7) is 5.19. The standard InChI is InChI=1S/C13H20ClNO/c1-3-4-5-10(2)15-9-11-6-7-13(16)12(14)8-11/h6-8,10,15-16H,3-5,9H2,1-2H3. The molecule has 0 spiro atoms. The van der Waals surface area contributed by atoms with Crippen molar-refractivity contribution in [3.05, 3.63) is 28.8 Å². The Morgan fingerprint density at radius 1 is 1.44 bits per heavy atom. The molecule has 0 heterocycles. The second kappa shape index (κ2) is 6.77. The quantitative estimate of drug-likeness (QED) is 0.796. The molecule has 0 amide bonds. The lowest BCUT2D eigenvalue weighted by molar-refractivity contribution is 0.474. The average molecular weight is 242 g/mol. The Morgan fingerprint density at radius 2 is 2.19 bits per heavy atom. The Labute approximate surface area is 103 Å². The summed E-state index contributed by atoms with van der Waals surface area (Å²) >= 11 is 5.83. The number of nitrogens with one attached hydrogen (secondary N) is 1. The summed E-state index contributed by atoms with van der Waals surface area (Å²) in [7, 11) is 0. The van der Waals surface area contributed by atoms with Crippen LogP contribution in [0.15, 0.2) is 18.2 Å². The van der Waals surface area contributed by atoms with Gasteiger partial charge >= 0.3 is 0 Å². The van der Waals surface area contributed by atoms with E-state index < -0.39 is 0 Å². The van der Waals surface area contributed by atoms with E-state index in [1.165, 1.54) is 19.3 Å². The monoisotopic (exact) mass is 241 g/mol. The second-order valence-corrected chi connectivity index (χ2v) is 4.62. The highest BCUT2D eigenvalue weighted by atomic mass is 35.5. The van der Waals surface area contributed by atoms with Crippen LogP contribution in [0.5, 0.6) is 5.75 Å². The molecule has 0 bridgehead atoms. The number of hydrogen-bond acceptors (Lipinski definition) is 2. The molecule has 0 aromatic heterocycles. The first-order valence-electron chi connectivity index (χ1n) is 5.84. The Balaban J connectivity index is 2.39. The van der Waals surface area contributed by atoms with Crippen molar-refractivity contribution in [2.24, 2.45) is 0 Å². The van der Waals surface area contributed by atoms with Crippen LogP contribution in [0.25, 0.3) is 0 Å². The molecule has 1 aromatic carbocycles. The number of phenols is 1. The number of halogens is 1. The Morgan fingerprint density at radius 3 is 2.81 bits per heavy atom. The Hall–Kier alpha value is -0.730. The van der Waals surface area contributed by atoms with Crippen LogP contribution < -0.4 is 5.32 Å². The topological polar surface area (TPSA) is 32.3 Å². The van der Waals surface area contributed by atoms with Gasteiger partial charge in [0.2, 0.25) is 0 Å². The van der Waals surface area contributed by atoms with Gasteiger partial charge in [0.25, 0.3) is 0 Å². The van der Waals surface area contributed by atoms with E-state index in [2.05, 4.69) is 19.2 Å². The van der Waals surface area contributed by atoms with E-state index in [9.17, 15) is 5.11 Å². The molecule has 3 heteroatoms. The maximum atomic E-state index is 9.28. The van der Waals surface area contributed by atoms with Crippen molar-refractivity contribution in [1.82, 2.24) is 5.32 Å². The maximum Gasteiger partial charge on any atom is 0.134 e. The minimum absolute atomic E-state index is 0.143. The minimum Gasteiger partial charge on any atom is -0.506 e. The highest BCUT2D eigenvalue weighted by Crippen LogP contribution is 2.23. The SMILES string of the molecule is CCCCC(C)NCc1ccc(O)c(Cl)c1. The van der Waals surface area contributed by atoms with Crippen LogP contribution in [0, 0.1) is 0 Å². The van der Waals surface area contributed by atoms with E-state index in [1.807, 2.05) is 6.07 Å². The highest BCUT2D eigenvalue weighted by molar-refractivity contribution is 6.32. The van der Waals surface area contributed by atoms with Gasteiger partial charge in [0, 0.05) is 12.6 Å². The molecule has 16 heavy (non-hydrogen) atoms. The number of hydrogen-bond donors (Lipinski definition) is 2. The number of unbranched alkanes of at least 4 members (excludes halogenated alkanes) is 1. The van der Waals surface area contributed by atoms with Crippen LogP contribution in [-0.2, 0) is 6.54 Å². The summed E-state index contributed by atoms with van der Waals surface area (Å²) in [6.07, 6.45) is 3.68. The molecule has 0 saturated carbocycles. The molecular weight excluding hydrogens is 222 g/mol. The third-order valence-corrected chi connectivity index (χ3v) is 2.96. The average Bonchev–Trinajstić information content (AvgIpc) is 2.28. The normalized spacial score (nSPS) is 12.7. The first-order chi connectivity index (χ1) is 7.63. The first kappa shape index (κ1) is 13.3. The lowest BCUT2D eigenvalue weighted by Gasteiger charge is -2.13. The predicted molar refractivity (Wildman–Crippen MR) is 68.9 cm³/mol. The van der Waals surface area contributed by atoms with Gasteiger partial charge in [-0.1, -0.05) is 37.4 Å². The van der Waals surface area contributed by atoms with Gasteiger partial charge in [0.05, 0.1) is 5.02 Å². The van der Waals surface area contributed by atoms with E-state index in [0.717, 1.165) is 12.1 Å². The zero-order valence-electron chi connectivity index (χ0n) is 9.96. The van der Waals surface area contributed by atoms with E-state index in [-0.39, 0.29) is 5.75 Å². The number of phenolic OH excluding ortho intramolecular Hbond substituents is 1. The van der Waals surface area contributed by atoms with Gasteiger partial charge in [-0.05, 0) is 31.0 Å². The van der Waals surface area contributed by atoms with Gasteiger partial charge in [-0.15, -0.1) is 0 Å². The maximum absolute atomic E-state index is 9.28. The molecule has 2 nitrogen and oxygen atoms in total. The molecule has 0 aliphatic rings. The van der Waals surface area contributed by atoms with Gasteiger partial charge < -0.3 is 10.4 Å². The summed E-state index contributed by atoms with van der Waals surface area (Å²) in [6, 6.07) is 5.85. The summed E-state index contributed by atoms with van der Waals surface area (Å²) in [5.74, 6) is 0.143. The van der Waals surface area contributed by atoms with Crippen molar-refractivity contribution in [2.45, 2.75) is 45.7 Å². The lowest BCUT2D eigenvalue weighted by atomic mass is 10.1. The zero-order valence-corrected chi connectivity index (χ0v) is 10.7. The molecule has 1 rings (SSSR count). The first-order valence-corrected chi connectivity index (χ1v) is 6.22. The molecule has 1 unspecified atom stereocenters. The Kier molecular flexibility index (Phi) is 5.64.